The molecule has 0 radical (unpaired) electrons. The lowest BCUT2D eigenvalue weighted by molar-refractivity contribution is -0.117. The predicted molar refractivity (Wildman–Crippen MR) is 107 cm³/mol. The van der Waals surface area contributed by atoms with Gasteiger partial charge < -0.3 is 9.73 Å². The number of carbonyl (C=O) groups excluding carboxylic acids is 1. The van der Waals surface area contributed by atoms with Crippen LogP contribution < -0.4 is 5.32 Å². The maximum absolute atomic E-state index is 13.7. The Balaban J connectivity index is 1.24. The topological polar surface area (TPSA) is 103 Å². The zero-order valence-corrected chi connectivity index (χ0v) is 16.5. The molecule has 0 saturated carbocycles. The highest BCUT2D eigenvalue weighted by Gasteiger charge is 2.15. The first kappa shape index (κ1) is 19.2. The highest BCUT2D eigenvalue weighted by atomic mass is 32.2. The molecule has 2 aromatic carbocycles. The van der Waals surface area contributed by atoms with Crippen molar-refractivity contribution in [1.29, 1.82) is 0 Å². The van der Waals surface area contributed by atoms with Crippen LogP contribution in [0.5, 0.6) is 0 Å². The average Bonchev–Trinajstić information content (AvgIpc) is 3.44. The van der Waals surface area contributed by atoms with Crippen molar-refractivity contribution in [3.8, 4) is 0 Å². The summed E-state index contributed by atoms with van der Waals surface area (Å²) in [4.78, 5) is 12.1. The van der Waals surface area contributed by atoms with Gasteiger partial charge in [-0.25, -0.2) is 17.9 Å². The quantitative estimate of drug-likeness (QED) is 0.403. The zero-order chi connectivity index (χ0) is 21.4. The van der Waals surface area contributed by atoms with Gasteiger partial charge in [-0.05, 0) is 24.3 Å². The number of nitrogens with zero attached hydrogens (tertiary/aromatic N) is 6. The lowest BCUT2D eigenvalue weighted by Crippen LogP contribution is -2.19. The summed E-state index contributed by atoms with van der Waals surface area (Å²) in [5.41, 5.74) is 2.09. The second-order valence-electron chi connectivity index (χ2n) is 6.54. The summed E-state index contributed by atoms with van der Waals surface area (Å²) in [6.07, 6.45) is 1.61. The van der Waals surface area contributed by atoms with Gasteiger partial charge in [-0.1, -0.05) is 34.2 Å². The molecule has 5 aromatic rings. The Kier molecular flexibility index (Phi) is 4.82. The van der Waals surface area contributed by atoms with Crippen LogP contribution in [0.3, 0.4) is 0 Å². The van der Waals surface area contributed by atoms with Crippen LogP contribution in [-0.2, 0) is 17.1 Å². The molecule has 1 amide bonds. The number of fused-ring (bicyclic) bond motifs is 3. The summed E-state index contributed by atoms with van der Waals surface area (Å²) in [6.45, 7) is -0.171. The Hall–Kier alpha value is -3.80. The number of benzene rings is 2. The summed E-state index contributed by atoms with van der Waals surface area (Å²) in [7, 11) is 0. The van der Waals surface area contributed by atoms with E-state index in [9.17, 15) is 13.6 Å². The van der Waals surface area contributed by atoms with Gasteiger partial charge in [0, 0.05) is 18.0 Å². The van der Waals surface area contributed by atoms with Gasteiger partial charge in [-0.15, -0.1) is 10.2 Å². The van der Waals surface area contributed by atoms with Crippen LogP contribution in [0.15, 0.2) is 58.2 Å². The first-order chi connectivity index (χ1) is 15.1. The van der Waals surface area contributed by atoms with E-state index in [1.54, 1.807) is 6.20 Å². The monoisotopic (exact) mass is 441 g/mol. The first-order valence-electron chi connectivity index (χ1n) is 9.06. The van der Waals surface area contributed by atoms with Crippen molar-refractivity contribution >= 4 is 40.3 Å². The number of thioether (sulfide) groups is 1. The molecule has 31 heavy (non-hydrogen) atoms. The number of anilines is 1. The summed E-state index contributed by atoms with van der Waals surface area (Å²) < 4.78 is 35.4. The Labute approximate surface area is 177 Å². The number of para-hydroxylation sites is 2. The molecule has 0 atom stereocenters. The van der Waals surface area contributed by atoms with Gasteiger partial charge >= 0.3 is 5.84 Å². The van der Waals surface area contributed by atoms with Crippen LogP contribution in [0.4, 0.5) is 14.5 Å². The van der Waals surface area contributed by atoms with Crippen LogP contribution in [0.25, 0.3) is 16.9 Å². The molecule has 0 saturated heterocycles. The number of aromatic nitrogens is 6. The summed E-state index contributed by atoms with van der Waals surface area (Å²) in [5, 5.41) is 19.2. The molecule has 0 bridgehead atoms. The molecule has 0 spiro atoms. The number of rotatable bonds is 6. The van der Waals surface area contributed by atoms with Gasteiger partial charge in [0.05, 0.1) is 16.9 Å². The van der Waals surface area contributed by atoms with Crippen molar-refractivity contribution in [3.63, 3.8) is 0 Å². The molecule has 0 aliphatic carbocycles. The maximum Gasteiger partial charge on any atom is 0.328 e. The van der Waals surface area contributed by atoms with Gasteiger partial charge in [-0.3, -0.25) is 4.79 Å². The summed E-state index contributed by atoms with van der Waals surface area (Å²) in [6, 6.07) is 10.5. The van der Waals surface area contributed by atoms with E-state index < -0.39 is 17.5 Å². The molecular weight excluding hydrogens is 428 g/mol. The zero-order valence-electron chi connectivity index (χ0n) is 15.7. The molecule has 0 fully saturated rings. The van der Waals surface area contributed by atoms with Crippen molar-refractivity contribution in [2.24, 2.45) is 0 Å². The number of hydrogen-bond donors (Lipinski definition) is 1. The molecule has 156 valence electrons. The fourth-order valence-electron chi connectivity index (χ4n) is 3.00. The van der Waals surface area contributed by atoms with E-state index in [0.717, 1.165) is 17.6 Å². The first-order valence-corrected chi connectivity index (χ1v) is 10.0. The standard InChI is InChI=1S/C19H13F2N7O2S/c20-11-5-6-14(13(21)7-11)22-17(29)9-27-8-12(23-26-27)10-31-19-25-24-18-28(19)15-3-1-2-4-16(15)30-18/h1-8H,9-10H2,(H,22,29). The van der Waals surface area contributed by atoms with Crippen LogP contribution in [0.1, 0.15) is 5.69 Å². The summed E-state index contributed by atoms with van der Waals surface area (Å²) in [5.74, 6) is -1.25. The average molecular weight is 441 g/mol. The molecule has 0 aliphatic rings. The maximum atomic E-state index is 13.7. The van der Waals surface area contributed by atoms with Crippen LogP contribution in [0, 0.1) is 11.6 Å². The fraction of sp³-hybridized carbons (Fsp3) is 0.105. The normalized spacial score (nSPS) is 11.4. The minimum absolute atomic E-state index is 0.106. The van der Waals surface area contributed by atoms with Crippen molar-refractivity contribution in [1.82, 2.24) is 29.6 Å². The second kappa shape index (κ2) is 7.80. The third-order valence-electron chi connectivity index (χ3n) is 4.36. The number of hydrogen-bond acceptors (Lipinski definition) is 7. The van der Waals surface area contributed by atoms with E-state index >= 15 is 0 Å². The Morgan fingerprint density at radius 1 is 1.13 bits per heavy atom. The van der Waals surface area contributed by atoms with Gasteiger partial charge in [0.25, 0.3) is 0 Å². The Morgan fingerprint density at radius 2 is 2.00 bits per heavy atom. The number of nitrogens with one attached hydrogen (secondary N) is 1. The van der Waals surface area contributed by atoms with Gasteiger partial charge in [0.15, 0.2) is 10.7 Å². The largest absolute Gasteiger partial charge is 0.422 e. The minimum Gasteiger partial charge on any atom is -0.422 e. The lowest BCUT2D eigenvalue weighted by atomic mass is 10.3. The SMILES string of the molecule is O=C(Cn1cc(CSc2nnc3oc4ccccc4n23)nn1)Nc1ccc(F)cc1F. The molecule has 12 heteroatoms. The third-order valence-corrected chi connectivity index (χ3v) is 5.32. The smallest absolute Gasteiger partial charge is 0.328 e. The van der Waals surface area contributed by atoms with E-state index in [4.69, 9.17) is 4.42 Å². The van der Waals surface area contributed by atoms with E-state index in [-0.39, 0.29) is 12.2 Å². The molecule has 3 heterocycles. The van der Waals surface area contributed by atoms with Crippen LogP contribution >= 0.6 is 11.8 Å². The Bertz CT molecular complexity index is 1410. The van der Waals surface area contributed by atoms with Crippen molar-refractivity contribution < 1.29 is 18.0 Å². The molecule has 9 nitrogen and oxygen atoms in total. The van der Waals surface area contributed by atoms with Crippen molar-refractivity contribution in [2.45, 2.75) is 17.5 Å². The molecule has 1 N–H and O–H groups in total. The highest BCUT2D eigenvalue weighted by Crippen LogP contribution is 2.26. The van der Waals surface area contributed by atoms with E-state index in [2.05, 4.69) is 25.8 Å². The van der Waals surface area contributed by atoms with Crippen molar-refractivity contribution in [3.05, 3.63) is 66.0 Å². The van der Waals surface area contributed by atoms with Crippen LogP contribution in [0.2, 0.25) is 0 Å². The second-order valence-corrected chi connectivity index (χ2v) is 7.48. The predicted octanol–water partition coefficient (Wildman–Crippen LogP) is 3.28. The number of amides is 1. The molecule has 3 aromatic heterocycles. The van der Waals surface area contributed by atoms with Gasteiger partial charge in [-0.2, -0.15) is 0 Å². The molecule has 5 rings (SSSR count). The Morgan fingerprint density at radius 3 is 2.87 bits per heavy atom. The minimum atomic E-state index is -0.851. The third kappa shape index (κ3) is 3.84. The number of halogens is 2. The van der Waals surface area contributed by atoms with Gasteiger partial charge in [0.2, 0.25) is 5.91 Å². The fourth-order valence-corrected chi connectivity index (χ4v) is 3.81. The molecule has 0 unspecified atom stereocenters. The number of carbonyl (C=O) groups is 1. The van der Waals surface area contributed by atoms with Crippen molar-refractivity contribution in [2.75, 3.05) is 5.32 Å². The highest BCUT2D eigenvalue weighted by molar-refractivity contribution is 7.98. The van der Waals surface area contributed by atoms with Gasteiger partial charge in [0.1, 0.15) is 18.2 Å². The van der Waals surface area contributed by atoms with E-state index in [1.807, 2.05) is 28.7 Å². The van der Waals surface area contributed by atoms with Crippen LogP contribution in [-0.4, -0.2) is 35.5 Å². The number of oxazole rings is 1. The lowest BCUT2D eigenvalue weighted by Gasteiger charge is -2.06. The van der Waals surface area contributed by atoms with E-state index in [0.29, 0.717) is 34.1 Å². The molecular formula is C19H13F2N7O2S. The molecule has 0 aliphatic heterocycles. The summed E-state index contributed by atoms with van der Waals surface area (Å²) >= 11 is 1.40. The van der Waals surface area contributed by atoms with E-state index in [1.165, 1.54) is 16.4 Å².